The van der Waals surface area contributed by atoms with Gasteiger partial charge in [-0.05, 0) is 37.8 Å². The zero-order valence-corrected chi connectivity index (χ0v) is 11.6. The van der Waals surface area contributed by atoms with E-state index in [0.29, 0.717) is 18.4 Å². The molecule has 20 heavy (non-hydrogen) atoms. The van der Waals surface area contributed by atoms with Crippen molar-refractivity contribution in [2.75, 3.05) is 7.11 Å². The molecule has 0 bridgehead atoms. The van der Waals surface area contributed by atoms with Crippen LogP contribution in [-0.4, -0.2) is 24.5 Å². The molecule has 0 unspecified atom stereocenters. The van der Waals surface area contributed by atoms with Gasteiger partial charge in [0.25, 0.3) is 5.91 Å². The number of nitrogens with one attached hydrogen (secondary N) is 1. The molecule has 1 N–H and O–H groups in total. The Balaban J connectivity index is 2.19. The Morgan fingerprint density at radius 1 is 1.20 bits per heavy atom. The lowest BCUT2D eigenvalue weighted by molar-refractivity contribution is -0.149. The number of carbonyl (C=O) groups excluding carboxylic acids is 2. The minimum atomic E-state index is -0.928. The van der Waals surface area contributed by atoms with Gasteiger partial charge in [0.15, 0.2) is 0 Å². The maximum absolute atomic E-state index is 12.3. The van der Waals surface area contributed by atoms with Crippen molar-refractivity contribution in [3.63, 3.8) is 0 Å². The number of benzene rings is 1. The van der Waals surface area contributed by atoms with Gasteiger partial charge in [0.1, 0.15) is 5.54 Å². The van der Waals surface area contributed by atoms with Gasteiger partial charge < -0.3 is 10.1 Å². The zero-order chi connectivity index (χ0) is 14.6. The quantitative estimate of drug-likeness (QED) is 0.680. The third-order valence-corrected chi connectivity index (χ3v) is 3.78. The largest absolute Gasteiger partial charge is 0.467 e. The van der Waals surface area contributed by atoms with Gasteiger partial charge in [0.2, 0.25) is 0 Å². The van der Waals surface area contributed by atoms with Gasteiger partial charge in [-0.3, -0.25) is 4.79 Å². The van der Waals surface area contributed by atoms with E-state index in [1.807, 2.05) is 6.07 Å². The second-order valence-electron chi connectivity index (χ2n) is 5.14. The van der Waals surface area contributed by atoms with Gasteiger partial charge >= 0.3 is 5.97 Å². The number of ether oxygens (including phenoxy) is 1. The standard InChI is InChI=1S/C16H19NO3/c1-12-8-10-16(11-9-12,15(19)20-2)17-14(18)13-6-4-3-5-7-13/h3-7H,1,8-11H2,2H3,(H,17,18). The molecule has 0 spiro atoms. The average molecular weight is 273 g/mol. The van der Waals surface area contributed by atoms with E-state index in [9.17, 15) is 9.59 Å². The molecule has 0 saturated heterocycles. The van der Waals surface area contributed by atoms with Gasteiger partial charge in [-0.2, -0.15) is 0 Å². The predicted molar refractivity (Wildman–Crippen MR) is 76.3 cm³/mol. The molecule has 4 nitrogen and oxygen atoms in total. The lowest BCUT2D eigenvalue weighted by Gasteiger charge is -2.36. The maximum atomic E-state index is 12.3. The van der Waals surface area contributed by atoms with E-state index in [4.69, 9.17) is 4.74 Å². The summed E-state index contributed by atoms with van der Waals surface area (Å²) in [5.41, 5.74) is 0.724. The SMILES string of the molecule is C=C1CCC(NC(=O)c2ccccc2)(C(=O)OC)CC1. The van der Waals surface area contributed by atoms with Crippen molar-refractivity contribution >= 4 is 11.9 Å². The fraction of sp³-hybridized carbons (Fsp3) is 0.375. The molecular formula is C16H19NO3. The summed E-state index contributed by atoms with van der Waals surface area (Å²) in [6.07, 6.45) is 2.53. The van der Waals surface area contributed by atoms with Gasteiger partial charge in [-0.15, -0.1) is 0 Å². The van der Waals surface area contributed by atoms with Crippen LogP contribution in [0.3, 0.4) is 0 Å². The van der Waals surface area contributed by atoms with E-state index < -0.39 is 5.54 Å². The van der Waals surface area contributed by atoms with E-state index in [2.05, 4.69) is 11.9 Å². The molecule has 1 fully saturated rings. The van der Waals surface area contributed by atoms with Crippen LogP contribution in [0.1, 0.15) is 36.0 Å². The van der Waals surface area contributed by atoms with E-state index in [0.717, 1.165) is 18.4 Å². The smallest absolute Gasteiger partial charge is 0.331 e. The summed E-state index contributed by atoms with van der Waals surface area (Å²) >= 11 is 0. The van der Waals surface area contributed by atoms with Gasteiger partial charge in [0.05, 0.1) is 7.11 Å². The molecule has 2 rings (SSSR count). The molecule has 1 aliphatic rings. The lowest BCUT2D eigenvalue weighted by atomic mass is 9.79. The summed E-state index contributed by atoms with van der Waals surface area (Å²) in [5, 5.41) is 2.87. The van der Waals surface area contributed by atoms with Crippen molar-refractivity contribution in [1.82, 2.24) is 5.32 Å². The third-order valence-electron chi connectivity index (χ3n) is 3.78. The highest BCUT2D eigenvalue weighted by Gasteiger charge is 2.42. The number of amides is 1. The predicted octanol–water partition coefficient (Wildman–Crippen LogP) is 2.46. The van der Waals surface area contributed by atoms with Gasteiger partial charge in [-0.25, -0.2) is 4.79 Å². The summed E-state index contributed by atoms with van der Waals surface area (Å²) < 4.78 is 4.88. The first-order valence-corrected chi connectivity index (χ1v) is 6.70. The molecule has 4 heteroatoms. The third kappa shape index (κ3) is 2.90. The molecule has 0 radical (unpaired) electrons. The van der Waals surface area contributed by atoms with Crippen molar-refractivity contribution in [2.45, 2.75) is 31.2 Å². The zero-order valence-electron chi connectivity index (χ0n) is 11.6. The van der Waals surface area contributed by atoms with Gasteiger partial charge in [-0.1, -0.05) is 30.4 Å². The van der Waals surface area contributed by atoms with Crippen LogP contribution < -0.4 is 5.32 Å². The number of hydrogen-bond donors (Lipinski definition) is 1. The number of allylic oxidation sites excluding steroid dienone is 1. The minimum absolute atomic E-state index is 0.247. The Bertz CT molecular complexity index is 512. The normalized spacial score (nSPS) is 17.4. The summed E-state index contributed by atoms with van der Waals surface area (Å²) in [6.45, 7) is 3.94. The highest BCUT2D eigenvalue weighted by atomic mass is 16.5. The first kappa shape index (κ1) is 14.3. The Labute approximate surface area is 118 Å². The molecule has 1 aliphatic carbocycles. The van der Waals surface area contributed by atoms with E-state index in [1.54, 1.807) is 24.3 Å². The van der Waals surface area contributed by atoms with Crippen LogP contribution in [0, 0.1) is 0 Å². The van der Waals surface area contributed by atoms with E-state index >= 15 is 0 Å². The lowest BCUT2D eigenvalue weighted by Crippen LogP contribution is -2.56. The molecule has 1 aromatic carbocycles. The van der Waals surface area contributed by atoms with Crippen molar-refractivity contribution in [1.29, 1.82) is 0 Å². The van der Waals surface area contributed by atoms with E-state index in [1.165, 1.54) is 7.11 Å². The Morgan fingerprint density at radius 3 is 2.35 bits per heavy atom. The summed E-state index contributed by atoms with van der Waals surface area (Å²) in [4.78, 5) is 24.4. The highest BCUT2D eigenvalue weighted by molar-refractivity contribution is 5.98. The second kappa shape index (κ2) is 5.90. The number of carbonyl (C=O) groups is 2. The van der Waals surface area contributed by atoms with Crippen molar-refractivity contribution in [2.24, 2.45) is 0 Å². The van der Waals surface area contributed by atoms with Crippen LogP contribution in [-0.2, 0) is 9.53 Å². The maximum Gasteiger partial charge on any atom is 0.331 e. The Hall–Kier alpha value is -2.10. The topological polar surface area (TPSA) is 55.4 Å². The van der Waals surface area contributed by atoms with Crippen LogP contribution in [0.4, 0.5) is 0 Å². The van der Waals surface area contributed by atoms with Crippen molar-refractivity contribution in [3.8, 4) is 0 Å². The highest BCUT2D eigenvalue weighted by Crippen LogP contribution is 2.32. The summed E-state index contributed by atoms with van der Waals surface area (Å²) in [6, 6.07) is 8.88. The fourth-order valence-corrected chi connectivity index (χ4v) is 2.48. The minimum Gasteiger partial charge on any atom is -0.467 e. The monoisotopic (exact) mass is 273 g/mol. The number of hydrogen-bond acceptors (Lipinski definition) is 3. The van der Waals surface area contributed by atoms with Crippen LogP contribution in [0.5, 0.6) is 0 Å². The first-order chi connectivity index (χ1) is 9.57. The molecule has 0 aromatic heterocycles. The van der Waals surface area contributed by atoms with E-state index in [-0.39, 0.29) is 11.9 Å². The fourth-order valence-electron chi connectivity index (χ4n) is 2.48. The Morgan fingerprint density at radius 2 is 1.80 bits per heavy atom. The molecule has 1 amide bonds. The van der Waals surface area contributed by atoms with Crippen LogP contribution in [0.2, 0.25) is 0 Å². The number of methoxy groups -OCH3 is 1. The van der Waals surface area contributed by atoms with Crippen molar-refractivity contribution < 1.29 is 14.3 Å². The number of rotatable bonds is 3. The number of esters is 1. The van der Waals surface area contributed by atoms with Gasteiger partial charge in [0, 0.05) is 5.56 Å². The summed E-state index contributed by atoms with van der Waals surface area (Å²) in [5.74, 6) is -0.627. The molecule has 1 aromatic rings. The molecule has 1 saturated carbocycles. The Kier molecular flexibility index (Phi) is 4.23. The molecular weight excluding hydrogens is 254 g/mol. The first-order valence-electron chi connectivity index (χ1n) is 6.70. The molecule has 0 aliphatic heterocycles. The van der Waals surface area contributed by atoms with Crippen LogP contribution in [0.25, 0.3) is 0 Å². The molecule has 0 heterocycles. The molecule has 0 atom stereocenters. The summed E-state index contributed by atoms with van der Waals surface area (Å²) in [7, 11) is 1.35. The average Bonchev–Trinajstić information content (AvgIpc) is 2.49. The van der Waals surface area contributed by atoms with Crippen LogP contribution in [0.15, 0.2) is 42.5 Å². The molecule has 106 valence electrons. The second-order valence-corrected chi connectivity index (χ2v) is 5.14. The van der Waals surface area contributed by atoms with Crippen LogP contribution >= 0.6 is 0 Å². The van der Waals surface area contributed by atoms with Crippen molar-refractivity contribution in [3.05, 3.63) is 48.0 Å².